The maximum atomic E-state index is 5.71. The second-order valence-electron chi connectivity index (χ2n) is 4.00. The molecule has 0 radical (unpaired) electrons. The third-order valence-corrected chi connectivity index (χ3v) is 2.37. The topological polar surface area (TPSA) is 44.5 Å². The molecule has 0 saturated heterocycles. The van der Waals surface area contributed by atoms with E-state index in [4.69, 9.17) is 15.2 Å². The minimum atomic E-state index is 0.262. The van der Waals surface area contributed by atoms with Gasteiger partial charge in [-0.05, 0) is 37.5 Å². The van der Waals surface area contributed by atoms with E-state index in [-0.39, 0.29) is 6.04 Å². The van der Waals surface area contributed by atoms with Gasteiger partial charge in [-0.15, -0.1) is 0 Å². The molecule has 16 heavy (non-hydrogen) atoms. The average molecular weight is 223 g/mol. The summed E-state index contributed by atoms with van der Waals surface area (Å²) in [6, 6.07) is 8.42. The summed E-state index contributed by atoms with van der Waals surface area (Å²) in [4.78, 5) is 0. The lowest BCUT2D eigenvalue weighted by Crippen LogP contribution is -2.15. The Balaban J connectivity index is 2.35. The van der Waals surface area contributed by atoms with Crippen LogP contribution in [0.4, 0.5) is 0 Å². The van der Waals surface area contributed by atoms with Crippen molar-refractivity contribution in [1.82, 2.24) is 0 Å². The van der Waals surface area contributed by atoms with Gasteiger partial charge in [0.25, 0.3) is 0 Å². The quantitative estimate of drug-likeness (QED) is 0.719. The summed E-state index contributed by atoms with van der Waals surface area (Å²) in [6.45, 7) is 3.24. The van der Waals surface area contributed by atoms with Gasteiger partial charge in [0.15, 0.2) is 0 Å². The third-order valence-electron chi connectivity index (χ3n) is 2.37. The molecule has 1 atom stereocenters. The molecular weight excluding hydrogens is 202 g/mol. The smallest absolute Gasteiger partial charge is 0.119 e. The van der Waals surface area contributed by atoms with E-state index in [9.17, 15) is 0 Å². The first-order valence-electron chi connectivity index (χ1n) is 5.68. The summed E-state index contributed by atoms with van der Waals surface area (Å²) in [5, 5.41) is 0. The number of rotatable bonds is 7. The zero-order chi connectivity index (χ0) is 11.8. The van der Waals surface area contributed by atoms with E-state index in [0.717, 1.165) is 18.6 Å². The van der Waals surface area contributed by atoms with Crippen molar-refractivity contribution in [2.24, 2.45) is 5.73 Å². The Morgan fingerprint density at radius 3 is 2.44 bits per heavy atom. The predicted octanol–water partition coefficient (Wildman–Crippen LogP) is 1.99. The zero-order valence-corrected chi connectivity index (χ0v) is 10.1. The van der Waals surface area contributed by atoms with Crippen LogP contribution in [-0.2, 0) is 11.2 Å². The predicted molar refractivity (Wildman–Crippen MR) is 65.8 cm³/mol. The maximum Gasteiger partial charge on any atom is 0.119 e. The first kappa shape index (κ1) is 13.0. The molecular formula is C13H21NO2. The van der Waals surface area contributed by atoms with E-state index in [0.29, 0.717) is 13.2 Å². The van der Waals surface area contributed by atoms with Gasteiger partial charge in [0.05, 0.1) is 6.61 Å². The summed E-state index contributed by atoms with van der Waals surface area (Å²) in [7, 11) is 1.67. The van der Waals surface area contributed by atoms with Gasteiger partial charge in [-0.2, -0.15) is 0 Å². The highest BCUT2D eigenvalue weighted by molar-refractivity contribution is 5.27. The molecule has 0 aliphatic heterocycles. The number of hydrogen-bond acceptors (Lipinski definition) is 3. The second-order valence-corrected chi connectivity index (χ2v) is 4.00. The van der Waals surface area contributed by atoms with Gasteiger partial charge < -0.3 is 15.2 Å². The van der Waals surface area contributed by atoms with E-state index in [2.05, 4.69) is 12.1 Å². The molecule has 90 valence electrons. The van der Waals surface area contributed by atoms with Gasteiger partial charge in [0.1, 0.15) is 12.4 Å². The minimum absolute atomic E-state index is 0.262. The zero-order valence-electron chi connectivity index (χ0n) is 10.1. The van der Waals surface area contributed by atoms with E-state index >= 15 is 0 Å². The van der Waals surface area contributed by atoms with Gasteiger partial charge in [-0.3, -0.25) is 0 Å². The lowest BCUT2D eigenvalue weighted by Gasteiger charge is -2.07. The molecule has 0 aliphatic rings. The number of methoxy groups -OCH3 is 1. The van der Waals surface area contributed by atoms with Crippen LogP contribution < -0.4 is 10.5 Å². The molecule has 1 unspecified atom stereocenters. The number of ether oxygens (including phenoxy) is 2. The number of nitrogens with two attached hydrogens (primary N) is 1. The van der Waals surface area contributed by atoms with Crippen molar-refractivity contribution >= 4 is 0 Å². The van der Waals surface area contributed by atoms with Crippen LogP contribution in [0.25, 0.3) is 0 Å². The Bertz CT molecular complexity index is 282. The Morgan fingerprint density at radius 2 is 1.88 bits per heavy atom. The molecule has 0 heterocycles. The molecule has 0 aliphatic carbocycles. The fourth-order valence-corrected chi connectivity index (χ4v) is 1.39. The van der Waals surface area contributed by atoms with Crippen LogP contribution in [0.2, 0.25) is 0 Å². The highest BCUT2D eigenvalue weighted by Gasteiger charge is 1.98. The normalized spacial score (nSPS) is 12.4. The van der Waals surface area contributed by atoms with Crippen LogP contribution in [0.1, 0.15) is 18.9 Å². The molecule has 0 spiro atoms. The monoisotopic (exact) mass is 223 g/mol. The Kier molecular flexibility index (Phi) is 5.90. The minimum Gasteiger partial charge on any atom is -0.491 e. The molecule has 0 aromatic heterocycles. The molecule has 0 fully saturated rings. The molecule has 0 saturated carbocycles. The number of hydrogen-bond donors (Lipinski definition) is 1. The standard InChI is InChI=1S/C13H21NO2/c1-11(14)3-4-12-5-7-13(8-6-12)16-10-9-15-2/h5-8,11H,3-4,9-10,14H2,1-2H3. The van der Waals surface area contributed by atoms with Gasteiger partial charge >= 0.3 is 0 Å². The summed E-state index contributed by atoms with van der Waals surface area (Å²) in [6.07, 6.45) is 2.04. The van der Waals surface area contributed by atoms with Crippen molar-refractivity contribution < 1.29 is 9.47 Å². The molecule has 3 nitrogen and oxygen atoms in total. The molecule has 1 rings (SSSR count). The average Bonchev–Trinajstić information content (AvgIpc) is 2.28. The van der Waals surface area contributed by atoms with Crippen molar-refractivity contribution in [1.29, 1.82) is 0 Å². The summed E-state index contributed by atoms with van der Waals surface area (Å²) >= 11 is 0. The largest absolute Gasteiger partial charge is 0.491 e. The van der Waals surface area contributed by atoms with Crippen molar-refractivity contribution in [2.45, 2.75) is 25.8 Å². The van der Waals surface area contributed by atoms with E-state index < -0.39 is 0 Å². The Hall–Kier alpha value is -1.06. The molecule has 1 aromatic rings. The van der Waals surface area contributed by atoms with Crippen molar-refractivity contribution in [3.05, 3.63) is 29.8 Å². The van der Waals surface area contributed by atoms with Crippen LogP contribution in [0.15, 0.2) is 24.3 Å². The third kappa shape index (κ3) is 5.14. The van der Waals surface area contributed by atoms with Crippen molar-refractivity contribution in [3.63, 3.8) is 0 Å². The van der Waals surface area contributed by atoms with Crippen LogP contribution in [0.3, 0.4) is 0 Å². The lowest BCUT2D eigenvalue weighted by atomic mass is 10.1. The number of benzene rings is 1. The fraction of sp³-hybridized carbons (Fsp3) is 0.538. The van der Waals surface area contributed by atoms with Crippen molar-refractivity contribution in [2.75, 3.05) is 20.3 Å². The van der Waals surface area contributed by atoms with E-state index in [1.807, 2.05) is 19.1 Å². The van der Waals surface area contributed by atoms with Crippen molar-refractivity contribution in [3.8, 4) is 5.75 Å². The summed E-state index contributed by atoms with van der Waals surface area (Å²) in [5.41, 5.74) is 7.01. The Morgan fingerprint density at radius 1 is 1.19 bits per heavy atom. The van der Waals surface area contributed by atoms with Crippen LogP contribution in [0.5, 0.6) is 5.75 Å². The molecule has 2 N–H and O–H groups in total. The molecule has 1 aromatic carbocycles. The lowest BCUT2D eigenvalue weighted by molar-refractivity contribution is 0.146. The van der Waals surface area contributed by atoms with Gasteiger partial charge in [-0.1, -0.05) is 12.1 Å². The summed E-state index contributed by atoms with van der Waals surface area (Å²) < 4.78 is 10.4. The molecule has 0 amide bonds. The maximum absolute atomic E-state index is 5.71. The Labute approximate surface area is 97.6 Å². The van der Waals surface area contributed by atoms with E-state index in [1.54, 1.807) is 7.11 Å². The van der Waals surface area contributed by atoms with Gasteiger partial charge in [0.2, 0.25) is 0 Å². The van der Waals surface area contributed by atoms with Crippen LogP contribution in [-0.4, -0.2) is 26.4 Å². The fourth-order valence-electron chi connectivity index (χ4n) is 1.39. The summed E-state index contributed by atoms with van der Waals surface area (Å²) in [5.74, 6) is 0.890. The van der Waals surface area contributed by atoms with Gasteiger partial charge in [0, 0.05) is 13.2 Å². The molecule has 3 heteroatoms. The first-order chi connectivity index (χ1) is 7.72. The first-order valence-corrected chi connectivity index (χ1v) is 5.68. The molecule has 0 bridgehead atoms. The highest BCUT2D eigenvalue weighted by atomic mass is 16.5. The number of aryl methyl sites for hydroxylation is 1. The highest BCUT2D eigenvalue weighted by Crippen LogP contribution is 2.13. The van der Waals surface area contributed by atoms with E-state index in [1.165, 1.54) is 5.56 Å². The SMILES string of the molecule is COCCOc1ccc(CCC(C)N)cc1. The van der Waals surface area contributed by atoms with Crippen LogP contribution >= 0.6 is 0 Å². The van der Waals surface area contributed by atoms with Crippen LogP contribution in [0, 0.1) is 0 Å². The second kappa shape index (κ2) is 7.25. The van der Waals surface area contributed by atoms with Gasteiger partial charge in [-0.25, -0.2) is 0 Å².